The summed E-state index contributed by atoms with van der Waals surface area (Å²) in [6.07, 6.45) is 0. The largest absolute Gasteiger partial charge is 0.414 e. The Hall–Kier alpha value is -0.360. The second-order valence-corrected chi connectivity index (χ2v) is 5.55. The molecule has 0 aliphatic rings. The first-order valence-electron chi connectivity index (χ1n) is 4.21. The minimum absolute atomic E-state index is 0.288. The molecular weight excluding hydrogens is 189 g/mol. The molecule has 0 aromatic rings. The van der Waals surface area contributed by atoms with Gasteiger partial charge in [-0.3, -0.25) is 9.41 Å². The van der Waals surface area contributed by atoms with E-state index in [1.54, 1.807) is 27.7 Å². The van der Waals surface area contributed by atoms with Crippen LogP contribution in [0.25, 0.3) is 4.85 Å². The fraction of sp³-hybridized carbons (Fsp3) is 0.875. The Balaban J connectivity index is 4.80. The molecule has 0 unspecified atom stereocenters. The number of rotatable bonds is 5. The first-order valence-corrected chi connectivity index (χ1v) is 5.75. The summed E-state index contributed by atoms with van der Waals surface area (Å²) in [7, 11) is -3.28. The van der Waals surface area contributed by atoms with Crippen LogP contribution in [0.2, 0.25) is 0 Å². The number of nitrogens with zero attached hydrogens (tertiary/aromatic N) is 1. The molecule has 4 nitrogen and oxygen atoms in total. The third-order valence-corrected chi connectivity index (χ3v) is 4.18. The summed E-state index contributed by atoms with van der Waals surface area (Å²) in [4.78, 5) is 3.27. The van der Waals surface area contributed by atoms with Gasteiger partial charge in [0, 0.05) is 13.8 Å². The van der Waals surface area contributed by atoms with E-state index in [9.17, 15) is 4.57 Å². The van der Waals surface area contributed by atoms with E-state index in [0.29, 0.717) is 0 Å². The summed E-state index contributed by atoms with van der Waals surface area (Å²) in [5, 5.41) is -1.10. The highest BCUT2D eigenvalue weighted by Gasteiger charge is 2.49. The second kappa shape index (κ2) is 4.76. The molecule has 0 aliphatic carbocycles. The molecule has 76 valence electrons. The van der Waals surface area contributed by atoms with E-state index in [1.165, 1.54) is 0 Å². The molecule has 0 aliphatic heterocycles. The highest BCUT2D eigenvalue weighted by atomic mass is 31.2. The van der Waals surface area contributed by atoms with Gasteiger partial charge in [0.15, 0.2) is 0 Å². The van der Waals surface area contributed by atoms with Crippen molar-refractivity contribution >= 4 is 7.60 Å². The van der Waals surface area contributed by atoms with Gasteiger partial charge < -0.3 is 9.05 Å². The fourth-order valence-corrected chi connectivity index (χ4v) is 2.26. The smallest absolute Gasteiger partial charge is 0.303 e. The van der Waals surface area contributed by atoms with Gasteiger partial charge in [0.1, 0.15) is 0 Å². The lowest BCUT2D eigenvalue weighted by atomic mass is 10.4. The van der Waals surface area contributed by atoms with Crippen molar-refractivity contribution in [1.82, 2.24) is 0 Å². The van der Waals surface area contributed by atoms with Crippen LogP contribution in [0, 0.1) is 6.57 Å². The monoisotopic (exact) mass is 205 g/mol. The van der Waals surface area contributed by atoms with Crippen molar-refractivity contribution in [3.05, 3.63) is 11.4 Å². The Bertz CT molecular complexity index is 234. The van der Waals surface area contributed by atoms with Crippen LogP contribution in [0.5, 0.6) is 0 Å². The van der Waals surface area contributed by atoms with Gasteiger partial charge in [-0.25, -0.2) is 6.57 Å². The zero-order valence-electron chi connectivity index (χ0n) is 8.53. The molecule has 0 saturated carbocycles. The fourth-order valence-electron chi connectivity index (χ4n) is 0.754. The zero-order valence-corrected chi connectivity index (χ0v) is 9.43. The third kappa shape index (κ3) is 2.80. The molecule has 0 aromatic carbocycles. The lowest BCUT2D eigenvalue weighted by Crippen LogP contribution is -2.18. The van der Waals surface area contributed by atoms with Gasteiger partial charge in [0.2, 0.25) is 0 Å². The van der Waals surface area contributed by atoms with E-state index in [-0.39, 0.29) is 13.2 Å². The van der Waals surface area contributed by atoms with Gasteiger partial charge in [0.05, 0.1) is 13.2 Å². The van der Waals surface area contributed by atoms with Crippen LogP contribution < -0.4 is 0 Å². The van der Waals surface area contributed by atoms with Crippen molar-refractivity contribution in [3.63, 3.8) is 0 Å². The summed E-state index contributed by atoms with van der Waals surface area (Å²) in [6, 6.07) is 0. The average Bonchev–Trinajstić information content (AvgIpc) is 2.05. The summed E-state index contributed by atoms with van der Waals surface area (Å²) in [5.41, 5.74) is 0. The molecule has 13 heavy (non-hydrogen) atoms. The van der Waals surface area contributed by atoms with Crippen molar-refractivity contribution in [2.24, 2.45) is 0 Å². The molecule has 0 fully saturated rings. The number of hydrogen-bond acceptors (Lipinski definition) is 3. The maximum atomic E-state index is 12.0. The van der Waals surface area contributed by atoms with Crippen molar-refractivity contribution in [2.45, 2.75) is 33.0 Å². The van der Waals surface area contributed by atoms with Crippen LogP contribution >= 0.6 is 7.60 Å². The van der Waals surface area contributed by atoms with Crippen molar-refractivity contribution in [3.8, 4) is 0 Å². The van der Waals surface area contributed by atoms with Crippen LogP contribution in [0.3, 0.4) is 0 Å². The van der Waals surface area contributed by atoms with Crippen molar-refractivity contribution in [2.75, 3.05) is 13.2 Å². The first kappa shape index (κ1) is 12.6. The van der Waals surface area contributed by atoms with E-state index in [0.717, 1.165) is 0 Å². The molecule has 0 heterocycles. The Kier molecular flexibility index (Phi) is 4.63. The van der Waals surface area contributed by atoms with Gasteiger partial charge in [-0.05, 0) is 13.8 Å². The van der Waals surface area contributed by atoms with E-state index in [4.69, 9.17) is 15.6 Å². The van der Waals surface area contributed by atoms with Gasteiger partial charge >= 0.3 is 12.9 Å². The predicted molar refractivity (Wildman–Crippen MR) is 51.5 cm³/mol. The Morgan fingerprint density at radius 2 is 1.69 bits per heavy atom. The standard InChI is InChI=1S/C8H16NO3P/c1-6-11-13(10,12-7-2)8(3,4)9-5/h6-7H2,1-4H3. The van der Waals surface area contributed by atoms with Crippen LogP contribution in [0.1, 0.15) is 27.7 Å². The first-order chi connectivity index (χ1) is 5.93. The maximum Gasteiger partial charge on any atom is 0.414 e. The lowest BCUT2D eigenvalue weighted by molar-refractivity contribution is 0.207. The van der Waals surface area contributed by atoms with Gasteiger partial charge in [-0.15, -0.1) is 0 Å². The summed E-state index contributed by atoms with van der Waals surface area (Å²) in [6.45, 7) is 14.1. The van der Waals surface area contributed by atoms with Crippen LogP contribution in [0.4, 0.5) is 0 Å². The second-order valence-electron chi connectivity index (χ2n) is 2.94. The summed E-state index contributed by atoms with van der Waals surface area (Å²) in [5.74, 6) is 0. The SMILES string of the molecule is [C-]#[N+]C(C)(C)P(=O)(OCC)OCC. The molecular formula is C8H16NO3P. The molecule has 0 amide bonds. The van der Waals surface area contributed by atoms with E-state index in [2.05, 4.69) is 4.85 Å². The van der Waals surface area contributed by atoms with Crippen LogP contribution in [-0.2, 0) is 13.6 Å². The molecule has 0 N–H and O–H groups in total. The Morgan fingerprint density at radius 1 is 1.31 bits per heavy atom. The van der Waals surface area contributed by atoms with Crippen LogP contribution in [0.15, 0.2) is 0 Å². The molecule has 0 spiro atoms. The van der Waals surface area contributed by atoms with Crippen LogP contribution in [-0.4, -0.2) is 18.5 Å². The normalized spacial score (nSPS) is 12.5. The highest BCUT2D eigenvalue weighted by Crippen LogP contribution is 2.60. The molecule has 0 bridgehead atoms. The molecule has 5 heteroatoms. The Labute approximate surface area is 79.6 Å². The minimum atomic E-state index is -3.28. The Morgan fingerprint density at radius 3 is 1.92 bits per heavy atom. The summed E-state index contributed by atoms with van der Waals surface area (Å²) < 4.78 is 22.1. The molecule has 0 rings (SSSR count). The highest BCUT2D eigenvalue weighted by molar-refractivity contribution is 7.55. The van der Waals surface area contributed by atoms with Crippen molar-refractivity contribution < 1.29 is 13.6 Å². The topological polar surface area (TPSA) is 39.9 Å². The minimum Gasteiger partial charge on any atom is -0.303 e. The average molecular weight is 205 g/mol. The third-order valence-electron chi connectivity index (χ3n) is 1.54. The maximum absolute atomic E-state index is 12.0. The predicted octanol–water partition coefficient (Wildman–Crippen LogP) is 2.91. The van der Waals surface area contributed by atoms with E-state index >= 15 is 0 Å². The van der Waals surface area contributed by atoms with E-state index < -0.39 is 12.9 Å². The summed E-state index contributed by atoms with van der Waals surface area (Å²) >= 11 is 0. The van der Waals surface area contributed by atoms with Gasteiger partial charge in [-0.1, -0.05) is 0 Å². The van der Waals surface area contributed by atoms with Crippen molar-refractivity contribution in [1.29, 1.82) is 0 Å². The molecule has 0 saturated heterocycles. The van der Waals surface area contributed by atoms with Gasteiger partial charge in [0.25, 0.3) is 0 Å². The molecule has 0 aromatic heterocycles. The zero-order chi connectivity index (χ0) is 10.5. The van der Waals surface area contributed by atoms with Gasteiger partial charge in [-0.2, -0.15) is 0 Å². The lowest BCUT2D eigenvalue weighted by Gasteiger charge is -2.22. The number of hydrogen-bond donors (Lipinski definition) is 0. The molecule has 0 radical (unpaired) electrons. The van der Waals surface area contributed by atoms with E-state index in [1.807, 2.05) is 0 Å². The molecule has 0 atom stereocenters. The quantitative estimate of drug-likeness (QED) is 0.511.